The molecule has 0 aliphatic carbocycles. The van der Waals surface area contributed by atoms with E-state index in [0.717, 1.165) is 16.7 Å². The molecule has 0 saturated carbocycles. The number of furan rings is 1. The van der Waals surface area contributed by atoms with Crippen molar-refractivity contribution in [3.8, 4) is 0 Å². The molecule has 0 radical (unpaired) electrons. The quantitative estimate of drug-likeness (QED) is 0.731. The molecule has 1 unspecified atom stereocenters. The molecule has 5 nitrogen and oxygen atoms in total. The van der Waals surface area contributed by atoms with Crippen LogP contribution in [-0.4, -0.2) is 35.1 Å². The van der Waals surface area contributed by atoms with Crippen LogP contribution in [0.25, 0.3) is 11.0 Å². The number of para-hydroxylation sites is 1. The number of carbonyl (C=O) groups excluding carboxylic acids is 1. The van der Waals surface area contributed by atoms with Crippen LogP contribution in [0.2, 0.25) is 0 Å². The number of rotatable bonds is 2. The van der Waals surface area contributed by atoms with Gasteiger partial charge in [0.1, 0.15) is 11.8 Å². The third-order valence-electron chi connectivity index (χ3n) is 4.43. The van der Waals surface area contributed by atoms with Crippen LogP contribution in [0, 0.1) is 0 Å². The summed E-state index contributed by atoms with van der Waals surface area (Å²) in [5.74, 6) is -0.00977. The van der Waals surface area contributed by atoms with Gasteiger partial charge in [-0.05, 0) is 18.2 Å². The molecule has 1 aliphatic heterocycles. The van der Waals surface area contributed by atoms with Gasteiger partial charge in [-0.2, -0.15) is 0 Å². The lowest BCUT2D eigenvalue weighted by atomic mass is 10.1. The topological polar surface area (TPSA) is 47.6 Å². The summed E-state index contributed by atoms with van der Waals surface area (Å²) in [7, 11) is 1.99. The Bertz CT molecular complexity index is 849. The predicted octanol–water partition coefficient (Wildman–Crippen LogP) is 2.99. The molecular formula is C18H18N2O3. The summed E-state index contributed by atoms with van der Waals surface area (Å²) in [6.07, 6.45) is 3.55. The number of nitrogens with zero attached hydrogens (tertiary/aromatic N) is 2. The predicted molar refractivity (Wildman–Crippen MR) is 86.2 cm³/mol. The van der Waals surface area contributed by atoms with Crippen molar-refractivity contribution >= 4 is 16.9 Å². The minimum absolute atomic E-state index is 0.00977. The molecule has 4 rings (SSSR count). The molecule has 0 bridgehead atoms. The van der Waals surface area contributed by atoms with Gasteiger partial charge in [0.25, 0.3) is 5.91 Å². The molecule has 1 fully saturated rings. The summed E-state index contributed by atoms with van der Waals surface area (Å²) in [6.45, 7) is 1.65. The second kappa shape index (κ2) is 5.59. The first-order valence-corrected chi connectivity index (χ1v) is 7.72. The number of ether oxygens (including phenoxy) is 1. The van der Waals surface area contributed by atoms with Crippen molar-refractivity contribution in [2.45, 2.75) is 6.04 Å². The van der Waals surface area contributed by atoms with Crippen LogP contribution in [0.5, 0.6) is 0 Å². The van der Waals surface area contributed by atoms with Crippen LogP contribution in [0.1, 0.15) is 22.1 Å². The average Bonchev–Trinajstić information content (AvgIpc) is 3.20. The summed E-state index contributed by atoms with van der Waals surface area (Å²) in [5.41, 5.74) is 2.42. The molecular weight excluding hydrogens is 292 g/mol. The number of benzene rings is 1. The molecule has 1 amide bonds. The summed E-state index contributed by atoms with van der Waals surface area (Å²) >= 11 is 0. The fourth-order valence-corrected chi connectivity index (χ4v) is 3.21. The Morgan fingerprint density at radius 2 is 2.09 bits per heavy atom. The maximum Gasteiger partial charge on any atom is 0.258 e. The maximum absolute atomic E-state index is 13.1. The van der Waals surface area contributed by atoms with Gasteiger partial charge in [-0.3, -0.25) is 4.79 Å². The van der Waals surface area contributed by atoms with E-state index in [0.29, 0.717) is 25.3 Å². The zero-order valence-electron chi connectivity index (χ0n) is 12.9. The zero-order chi connectivity index (χ0) is 15.8. The molecule has 0 N–H and O–H groups in total. The van der Waals surface area contributed by atoms with E-state index < -0.39 is 0 Å². The number of hydrogen-bond donors (Lipinski definition) is 0. The zero-order valence-corrected chi connectivity index (χ0v) is 12.9. The number of amides is 1. The number of hydrogen-bond acceptors (Lipinski definition) is 3. The maximum atomic E-state index is 13.1. The highest BCUT2D eigenvalue weighted by atomic mass is 16.5. The van der Waals surface area contributed by atoms with Gasteiger partial charge in [-0.25, -0.2) is 0 Å². The number of morpholine rings is 1. The van der Waals surface area contributed by atoms with Crippen molar-refractivity contribution in [2.75, 3.05) is 19.8 Å². The molecule has 0 spiro atoms. The van der Waals surface area contributed by atoms with E-state index in [2.05, 4.69) is 0 Å². The van der Waals surface area contributed by atoms with Gasteiger partial charge in [0.15, 0.2) is 0 Å². The third-order valence-corrected chi connectivity index (χ3v) is 4.43. The molecule has 5 heteroatoms. The Balaban J connectivity index is 1.72. The van der Waals surface area contributed by atoms with E-state index in [1.165, 1.54) is 0 Å². The first-order chi connectivity index (χ1) is 11.3. The smallest absolute Gasteiger partial charge is 0.258 e. The molecule has 23 heavy (non-hydrogen) atoms. The average molecular weight is 310 g/mol. The monoisotopic (exact) mass is 310 g/mol. The lowest BCUT2D eigenvalue weighted by Gasteiger charge is -2.35. The van der Waals surface area contributed by atoms with Crippen molar-refractivity contribution in [3.05, 3.63) is 60.1 Å². The van der Waals surface area contributed by atoms with E-state index in [4.69, 9.17) is 9.15 Å². The summed E-state index contributed by atoms with van der Waals surface area (Å²) in [5, 5.41) is 0.856. The van der Waals surface area contributed by atoms with E-state index in [1.54, 1.807) is 6.26 Å². The van der Waals surface area contributed by atoms with E-state index in [-0.39, 0.29) is 11.9 Å². The van der Waals surface area contributed by atoms with Crippen molar-refractivity contribution in [2.24, 2.45) is 7.05 Å². The van der Waals surface area contributed by atoms with E-state index in [9.17, 15) is 4.79 Å². The SMILES string of the molecule is Cn1cccc1C1COCCN1C(=O)c1coc2ccccc12. The molecule has 1 aliphatic rings. The normalized spacial score (nSPS) is 18.5. The Kier molecular flexibility index (Phi) is 3.42. The molecule has 1 atom stereocenters. The van der Waals surface area contributed by atoms with Crippen LogP contribution in [0.15, 0.2) is 53.3 Å². The summed E-state index contributed by atoms with van der Waals surface area (Å²) in [6, 6.07) is 11.6. The van der Waals surface area contributed by atoms with E-state index in [1.807, 2.05) is 59.1 Å². The first-order valence-electron chi connectivity index (χ1n) is 7.72. The number of aromatic nitrogens is 1. The van der Waals surface area contributed by atoms with Crippen LogP contribution < -0.4 is 0 Å². The molecule has 3 aromatic rings. The molecule has 1 saturated heterocycles. The van der Waals surface area contributed by atoms with Crippen molar-refractivity contribution < 1.29 is 13.9 Å². The van der Waals surface area contributed by atoms with Gasteiger partial charge in [0.2, 0.25) is 0 Å². The van der Waals surface area contributed by atoms with Gasteiger partial charge < -0.3 is 18.6 Å². The number of fused-ring (bicyclic) bond motifs is 1. The molecule has 2 aromatic heterocycles. The minimum atomic E-state index is -0.0788. The summed E-state index contributed by atoms with van der Waals surface area (Å²) < 4.78 is 13.2. The van der Waals surface area contributed by atoms with Gasteiger partial charge in [-0.1, -0.05) is 18.2 Å². The lowest BCUT2D eigenvalue weighted by Crippen LogP contribution is -2.44. The molecule has 118 valence electrons. The van der Waals surface area contributed by atoms with Gasteiger partial charge in [0.05, 0.1) is 24.8 Å². The van der Waals surface area contributed by atoms with Gasteiger partial charge in [-0.15, -0.1) is 0 Å². The van der Waals surface area contributed by atoms with Gasteiger partial charge >= 0.3 is 0 Å². The largest absolute Gasteiger partial charge is 0.463 e. The molecule has 1 aromatic carbocycles. The summed E-state index contributed by atoms with van der Waals surface area (Å²) in [4.78, 5) is 15.0. The lowest BCUT2D eigenvalue weighted by molar-refractivity contribution is -0.00457. The highest BCUT2D eigenvalue weighted by molar-refractivity contribution is 6.06. The second-order valence-electron chi connectivity index (χ2n) is 5.78. The van der Waals surface area contributed by atoms with Crippen LogP contribution >= 0.6 is 0 Å². The molecule has 3 heterocycles. The number of aryl methyl sites for hydroxylation is 1. The van der Waals surface area contributed by atoms with Crippen LogP contribution in [0.3, 0.4) is 0 Å². The standard InChI is InChI=1S/C18H18N2O3/c1-19-8-4-6-15(19)16-12-22-10-9-20(16)18(21)14-11-23-17-7-3-2-5-13(14)17/h2-8,11,16H,9-10,12H2,1H3. The van der Waals surface area contributed by atoms with Crippen LogP contribution in [-0.2, 0) is 11.8 Å². The Morgan fingerprint density at radius 1 is 1.22 bits per heavy atom. The third kappa shape index (κ3) is 2.33. The highest BCUT2D eigenvalue weighted by Crippen LogP contribution is 2.29. The highest BCUT2D eigenvalue weighted by Gasteiger charge is 2.32. The van der Waals surface area contributed by atoms with Crippen molar-refractivity contribution in [3.63, 3.8) is 0 Å². The minimum Gasteiger partial charge on any atom is -0.463 e. The Morgan fingerprint density at radius 3 is 2.91 bits per heavy atom. The first kappa shape index (κ1) is 14.1. The fraction of sp³-hybridized carbons (Fsp3) is 0.278. The fourth-order valence-electron chi connectivity index (χ4n) is 3.21. The van der Waals surface area contributed by atoms with E-state index >= 15 is 0 Å². The van der Waals surface area contributed by atoms with Gasteiger partial charge in [0, 0.05) is 30.9 Å². The second-order valence-corrected chi connectivity index (χ2v) is 5.78. The number of carbonyl (C=O) groups is 1. The van der Waals surface area contributed by atoms with Crippen LogP contribution in [0.4, 0.5) is 0 Å². The van der Waals surface area contributed by atoms with Crippen molar-refractivity contribution in [1.29, 1.82) is 0 Å². The Labute approximate surface area is 134 Å². The Hall–Kier alpha value is -2.53. The van der Waals surface area contributed by atoms with Crippen molar-refractivity contribution in [1.82, 2.24) is 9.47 Å².